The molecule has 138 valence electrons. The highest BCUT2D eigenvalue weighted by atomic mass is 16.4. The van der Waals surface area contributed by atoms with Gasteiger partial charge in [-0.05, 0) is 43.0 Å². The second-order valence-corrected chi connectivity index (χ2v) is 7.41. The Kier molecular flexibility index (Phi) is 5.62. The van der Waals surface area contributed by atoms with Crippen LogP contribution in [0.25, 0.3) is 21.8 Å². The minimum atomic E-state index is -0.715. The van der Waals surface area contributed by atoms with Crippen LogP contribution in [0.3, 0.4) is 0 Å². The minimum absolute atomic E-state index is 0.333. The van der Waals surface area contributed by atoms with Gasteiger partial charge in [0.15, 0.2) is 0 Å². The number of benzene rings is 2. The molecule has 0 amide bonds. The van der Waals surface area contributed by atoms with Crippen molar-refractivity contribution in [3.05, 3.63) is 48.0 Å². The van der Waals surface area contributed by atoms with Crippen molar-refractivity contribution in [3.8, 4) is 0 Å². The molecule has 0 aliphatic carbocycles. The third-order valence-electron chi connectivity index (χ3n) is 4.98. The van der Waals surface area contributed by atoms with Crippen molar-refractivity contribution in [1.82, 2.24) is 9.88 Å². The lowest BCUT2D eigenvalue weighted by Gasteiger charge is -2.15. The first-order chi connectivity index (χ1) is 12.5. The van der Waals surface area contributed by atoms with E-state index >= 15 is 0 Å². The van der Waals surface area contributed by atoms with E-state index in [2.05, 4.69) is 73.1 Å². The lowest BCUT2D eigenvalue weighted by molar-refractivity contribution is -0.142. The van der Waals surface area contributed by atoms with E-state index in [1.165, 1.54) is 27.4 Å². The van der Waals surface area contributed by atoms with Crippen molar-refractivity contribution < 1.29 is 9.90 Å². The number of hydrogen-bond donors (Lipinski definition) is 2. The number of carboxylic acids is 1. The molecule has 0 saturated heterocycles. The number of nitrogens with zero attached hydrogens (tertiary/aromatic N) is 1. The van der Waals surface area contributed by atoms with Crippen molar-refractivity contribution in [3.63, 3.8) is 0 Å². The molecule has 2 N–H and O–H groups in total. The molecule has 0 saturated carbocycles. The standard InChI is InChI=1S/C22H28N2O2/c1-4-24-20-8-6-5-7-18(20)19-12-16(9-10-21(19)24)13-23-14-17(22(25)26)11-15(2)3/h5-10,12,15,17,23H,4,11,13-14H2,1-3H3,(H,25,26). The number of carboxylic acid groups (broad SMARTS) is 1. The molecule has 4 nitrogen and oxygen atoms in total. The first-order valence-corrected chi connectivity index (χ1v) is 9.44. The number of nitrogens with one attached hydrogen (secondary N) is 1. The first-order valence-electron chi connectivity index (χ1n) is 9.44. The normalized spacial score (nSPS) is 12.9. The number of carbonyl (C=O) groups is 1. The second kappa shape index (κ2) is 7.92. The largest absolute Gasteiger partial charge is 0.481 e. The molecule has 0 aliphatic heterocycles. The summed E-state index contributed by atoms with van der Waals surface area (Å²) in [5, 5.41) is 15.2. The van der Waals surface area contributed by atoms with E-state index < -0.39 is 5.97 Å². The van der Waals surface area contributed by atoms with Gasteiger partial charge in [0.25, 0.3) is 0 Å². The quantitative estimate of drug-likeness (QED) is 0.620. The van der Waals surface area contributed by atoms with Gasteiger partial charge in [0.2, 0.25) is 0 Å². The summed E-state index contributed by atoms with van der Waals surface area (Å²) in [6.07, 6.45) is 0.700. The fourth-order valence-corrected chi connectivity index (χ4v) is 3.78. The van der Waals surface area contributed by atoms with E-state index in [0.717, 1.165) is 6.54 Å². The topological polar surface area (TPSA) is 54.3 Å². The maximum Gasteiger partial charge on any atom is 0.307 e. The Labute approximate surface area is 154 Å². The molecule has 0 fully saturated rings. The number of para-hydroxylation sites is 1. The summed E-state index contributed by atoms with van der Waals surface area (Å²) < 4.78 is 2.34. The number of rotatable bonds is 8. The predicted octanol–water partition coefficient (Wildman–Crippen LogP) is 4.65. The maximum atomic E-state index is 11.4. The first kappa shape index (κ1) is 18.5. The van der Waals surface area contributed by atoms with Gasteiger partial charge >= 0.3 is 5.97 Å². The van der Waals surface area contributed by atoms with E-state index in [-0.39, 0.29) is 5.92 Å². The van der Waals surface area contributed by atoms with Gasteiger partial charge in [-0.1, -0.05) is 38.1 Å². The van der Waals surface area contributed by atoms with Crippen LogP contribution in [0.2, 0.25) is 0 Å². The number of hydrogen-bond acceptors (Lipinski definition) is 2. The Morgan fingerprint density at radius 2 is 1.85 bits per heavy atom. The van der Waals surface area contributed by atoms with Gasteiger partial charge in [-0.3, -0.25) is 4.79 Å². The molecule has 0 spiro atoms. The second-order valence-electron chi connectivity index (χ2n) is 7.41. The molecule has 0 aliphatic rings. The zero-order valence-electron chi connectivity index (χ0n) is 15.8. The summed E-state index contributed by atoms with van der Waals surface area (Å²) >= 11 is 0. The van der Waals surface area contributed by atoms with Gasteiger partial charge in [-0.2, -0.15) is 0 Å². The Morgan fingerprint density at radius 3 is 2.54 bits per heavy atom. The molecule has 26 heavy (non-hydrogen) atoms. The van der Waals surface area contributed by atoms with Crippen LogP contribution in [0.1, 0.15) is 32.8 Å². The zero-order valence-corrected chi connectivity index (χ0v) is 15.8. The van der Waals surface area contributed by atoms with Crippen LogP contribution in [-0.4, -0.2) is 22.2 Å². The molecule has 1 aromatic heterocycles. The summed E-state index contributed by atoms with van der Waals surface area (Å²) in [6, 6.07) is 15.0. The smallest absolute Gasteiger partial charge is 0.307 e. The lowest BCUT2D eigenvalue weighted by Crippen LogP contribution is -2.29. The summed E-state index contributed by atoms with van der Waals surface area (Å²) in [6.45, 7) is 8.42. The number of aryl methyl sites for hydroxylation is 1. The van der Waals surface area contributed by atoms with Crippen molar-refractivity contribution in [1.29, 1.82) is 0 Å². The Balaban J connectivity index is 1.79. The van der Waals surface area contributed by atoms with Crippen LogP contribution >= 0.6 is 0 Å². The van der Waals surface area contributed by atoms with E-state index in [9.17, 15) is 9.90 Å². The van der Waals surface area contributed by atoms with E-state index in [4.69, 9.17) is 0 Å². The maximum absolute atomic E-state index is 11.4. The number of aromatic nitrogens is 1. The molecule has 1 heterocycles. The average Bonchev–Trinajstić information content (AvgIpc) is 2.93. The highest BCUT2D eigenvalue weighted by Gasteiger charge is 2.18. The van der Waals surface area contributed by atoms with Gasteiger partial charge < -0.3 is 15.0 Å². The molecule has 1 unspecified atom stereocenters. The molecule has 3 aromatic rings. The molecule has 0 bridgehead atoms. The van der Waals surface area contributed by atoms with Crippen molar-refractivity contribution >= 4 is 27.8 Å². The van der Waals surface area contributed by atoms with Crippen LogP contribution in [0.4, 0.5) is 0 Å². The van der Waals surface area contributed by atoms with Crippen LogP contribution in [0.15, 0.2) is 42.5 Å². The van der Waals surface area contributed by atoms with Gasteiger partial charge in [0.05, 0.1) is 5.92 Å². The van der Waals surface area contributed by atoms with Crippen molar-refractivity contribution in [2.24, 2.45) is 11.8 Å². The van der Waals surface area contributed by atoms with Crippen LogP contribution in [0, 0.1) is 11.8 Å². The monoisotopic (exact) mass is 352 g/mol. The van der Waals surface area contributed by atoms with Crippen LogP contribution in [-0.2, 0) is 17.9 Å². The number of aliphatic carboxylic acids is 1. The summed E-state index contributed by atoms with van der Waals surface area (Å²) in [4.78, 5) is 11.4. The third kappa shape index (κ3) is 3.75. The van der Waals surface area contributed by atoms with E-state index in [1.807, 2.05) is 0 Å². The van der Waals surface area contributed by atoms with Gasteiger partial charge in [-0.25, -0.2) is 0 Å². The third-order valence-corrected chi connectivity index (χ3v) is 4.98. The highest BCUT2D eigenvalue weighted by molar-refractivity contribution is 6.08. The highest BCUT2D eigenvalue weighted by Crippen LogP contribution is 2.29. The van der Waals surface area contributed by atoms with E-state index in [0.29, 0.717) is 25.4 Å². The van der Waals surface area contributed by atoms with Crippen molar-refractivity contribution in [2.75, 3.05) is 6.54 Å². The molecule has 3 rings (SSSR count). The van der Waals surface area contributed by atoms with Crippen molar-refractivity contribution in [2.45, 2.75) is 40.3 Å². The molecule has 0 radical (unpaired) electrons. The lowest BCUT2D eigenvalue weighted by atomic mass is 9.97. The Bertz CT molecular complexity index is 911. The summed E-state index contributed by atoms with van der Waals surface area (Å²) in [7, 11) is 0. The average molecular weight is 352 g/mol. The zero-order chi connectivity index (χ0) is 18.7. The fraction of sp³-hybridized carbons (Fsp3) is 0.409. The van der Waals surface area contributed by atoms with Gasteiger partial charge in [-0.15, -0.1) is 0 Å². The van der Waals surface area contributed by atoms with Gasteiger partial charge in [0.1, 0.15) is 0 Å². The SMILES string of the molecule is CCn1c2ccccc2c2cc(CNCC(CC(C)C)C(=O)O)ccc21. The van der Waals surface area contributed by atoms with Crippen LogP contribution in [0.5, 0.6) is 0 Å². The molecular formula is C22H28N2O2. The van der Waals surface area contributed by atoms with E-state index in [1.54, 1.807) is 0 Å². The minimum Gasteiger partial charge on any atom is -0.481 e. The Morgan fingerprint density at radius 1 is 1.12 bits per heavy atom. The summed E-state index contributed by atoms with van der Waals surface area (Å²) in [5.41, 5.74) is 3.70. The van der Waals surface area contributed by atoms with Gasteiger partial charge in [0, 0.05) is 41.4 Å². The molecule has 1 atom stereocenters. The summed E-state index contributed by atoms with van der Waals surface area (Å²) in [5.74, 6) is -0.664. The Hall–Kier alpha value is -2.33. The predicted molar refractivity (Wildman–Crippen MR) is 107 cm³/mol. The molecular weight excluding hydrogens is 324 g/mol. The number of fused-ring (bicyclic) bond motifs is 3. The molecule has 2 aromatic carbocycles. The van der Waals surface area contributed by atoms with Crippen LogP contribution < -0.4 is 5.32 Å². The molecule has 4 heteroatoms. The fourth-order valence-electron chi connectivity index (χ4n) is 3.78.